The minimum atomic E-state index is -3.01. The fraction of sp³-hybridized carbons (Fsp3) is 0.273. The van der Waals surface area contributed by atoms with Crippen molar-refractivity contribution in [3.05, 3.63) is 72.3 Å². The second-order valence-corrected chi connectivity index (χ2v) is 7.24. The summed E-state index contributed by atoms with van der Waals surface area (Å²) >= 11 is 0. The third-order valence-electron chi connectivity index (χ3n) is 5.13. The van der Waals surface area contributed by atoms with E-state index in [1.807, 2.05) is 0 Å². The maximum Gasteiger partial charge on any atom is 0.387 e. The Morgan fingerprint density at radius 3 is 2.84 bits per heavy atom. The highest BCUT2D eigenvalue weighted by atomic mass is 19.3. The van der Waals surface area contributed by atoms with Crippen molar-refractivity contribution in [2.24, 2.45) is 5.73 Å². The molecule has 1 amide bonds. The number of allylic oxidation sites excluding steroid dienone is 1. The van der Waals surface area contributed by atoms with Gasteiger partial charge in [-0.3, -0.25) is 4.98 Å². The highest BCUT2D eigenvalue weighted by molar-refractivity contribution is 6.03. The standard InChI is InChI=1S/C22H22F2N3O4/c23-22(24)31-19-6-5-17(11-20(19)30-18-7-10-29-14-18)27(9-2-4-16(25)13-27)21(28)15-3-1-8-26-12-15/h1-6,8,11-13,18,22H,7,9-10,14,25H2/q+1/t18-,27?/m1/s1. The molecule has 31 heavy (non-hydrogen) atoms. The highest BCUT2D eigenvalue weighted by Crippen LogP contribution is 2.39. The molecule has 1 aromatic carbocycles. The third-order valence-corrected chi connectivity index (χ3v) is 5.13. The van der Waals surface area contributed by atoms with Crippen LogP contribution in [-0.4, -0.2) is 43.4 Å². The van der Waals surface area contributed by atoms with Crippen LogP contribution in [-0.2, 0) is 4.74 Å². The van der Waals surface area contributed by atoms with Gasteiger partial charge in [-0.05, 0) is 30.4 Å². The van der Waals surface area contributed by atoms with Crippen LogP contribution in [0.2, 0.25) is 0 Å². The lowest BCUT2D eigenvalue weighted by molar-refractivity contribution is -0.0521. The normalized spacial score (nSPS) is 22.9. The number of halogens is 2. The molecule has 9 heteroatoms. The number of carbonyl (C=O) groups excluding carboxylic acids is 1. The predicted molar refractivity (Wildman–Crippen MR) is 110 cm³/mol. The Balaban J connectivity index is 1.79. The first-order chi connectivity index (χ1) is 15.0. The van der Waals surface area contributed by atoms with E-state index in [4.69, 9.17) is 15.2 Å². The van der Waals surface area contributed by atoms with E-state index in [2.05, 4.69) is 9.72 Å². The summed E-state index contributed by atoms with van der Waals surface area (Å²) in [5, 5.41) is 0. The third kappa shape index (κ3) is 4.42. The smallest absolute Gasteiger partial charge is 0.387 e. The van der Waals surface area contributed by atoms with E-state index in [9.17, 15) is 13.6 Å². The fourth-order valence-electron chi connectivity index (χ4n) is 3.68. The molecule has 162 valence electrons. The number of nitrogens with two attached hydrogens (primary N) is 1. The Hall–Kier alpha value is -3.30. The molecular weight excluding hydrogens is 408 g/mol. The van der Waals surface area contributed by atoms with Gasteiger partial charge in [0.15, 0.2) is 11.5 Å². The summed E-state index contributed by atoms with van der Waals surface area (Å²) in [5.74, 6) is -0.258. The van der Waals surface area contributed by atoms with Gasteiger partial charge >= 0.3 is 12.5 Å². The predicted octanol–water partition coefficient (Wildman–Crippen LogP) is 3.37. The van der Waals surface area contributed by atoms with E-state index in [-0.39, 0.29) is 34.5 Å². The van der Waals surface area contributed by atoms with Crippen molar-refractivity contribution < 1.29 is 27.8 Å². The summed E-state index contributed by atoms with van der Waals surface area (Å²) in [6.07, 6.45) is 8.52. The fourth-order valence-corrected chi connectivity index (χ4v) is 3.68. The number of hydrogen-bond donors (Lipinski definition) is 1. The number of hydrogen-bond acceptors (Lipinski definition) is 6. The summed E-state index contributed by atoms with van der Waals surface area (Å²) in [7, 11) is 0. The van der Waals surface area contributed by atoms with Gasteiger partial charge in [-0.1, -0.05) is 0 Å². The van der Waals surface area contributed by atoms with Gasteiger partial charge in [0.2, 0.25) is 0 Å². The number of carbonyl (C=O) groups is 1. The molecule has 2 aromatic rings. The average Bonchev–Trinajstić information content (AvgIpc) is 3.28. The van der Waals surface area contributed by atoms with Crippen molar-refractivity contribution >= 4 is 11.6 Å². The number of aromatic nitrogens is 1. The first kappa shape index (κ1) is 21.0. The Morgan fingerprint density at radius 1 is 1.29 bits per heavy atom. The van der Waals surface area contributed by atoms with Gasteiger partial charge in [0.1, 0.15) is 24.5 Å². The zero-order chi connectivity index (χ0) is 21.8. The molecule has 2 aliphatic heterocycles. The number of rotatable bonds is 6. The molecule has 7 nitrogen and oxygen atoms in total. The molecule has 2 atom stereocenters. The van der Waals surface area contributed by atoms with Crippen LogP contribution in [0, 0.1) is 0 Å². The van der Waals surface area contributed by atoms with Gasteiger partial charge in [-0.25, -0.2) is 4.79 Å². The number of benzene rings is 1. The largest absolute Gasteiger partial charge is 0.484 e. The Labute approximate surface area is 177 Å². The van der Waals surface area contributed by atoms with Crippen LogP contribution >= 0.6 is 0 Å². The molecule has 2 N–H and O–H groups in total. The molecule has 1 fully saturated rings. The summed E-state index contributed by atoms with van der Waals surface area (Å²) in [6, 6.07) is 7.83. The van der Waals surface area contributed by atoms with Gasteiger partial charge in [0.05, 0.1) is 24.5 Å². The lowest BCUT2D eigenvalue weighted by atomic mass is 10.1. The second-order valence-electron chi connectivity index (χ2n) is 7.24. The summed E-state index contributed by atoms with van der Waals surface area (Å²) in [5.41, 5.74) is 7.34. The number of ether oxygens (including phenoxy) is 3. The molecule has 1 aromatic heterocycles. The molecule has 1 unspecified atom stereocenters. The topological polar surface area (TPSA) is 83.7 Å². The molecule has 2 aliphatic rings. The molecule has 0 spiro atoms. The maximum absolute atomic E-state index is 13.6. The van der Waals surface area contributed by atoms with Gasteiger partial charge in [0, 0.05) is 30.9 Å². The van der Waals surface area contributed by atoms with Crippen LogP contribution in [0.3, 0.4) is 0 Å². The van der Waals surface area contributed by atoms with Crippen LogP contribution < -0.4 is 19.7 Å². The molecule has 0 saturated carbocycles. The number of nitrogens with zero attached hydrogens (tertiary/aromatic N) is 2. The summed E-state index contributed by atoms with van der Waals surface area (Å²) in [4.78, 5) is 17.6. The van der Waals surface area contributed by atoms with Crippen LogP contribution in [0.5, 0.6) is 11.5 Å². The zero-order valence-corrected chi connectivity index (χ0v) is 16.6. The van der Waals surface area contributed by atoms with Crippen molar-refractivity contribution in [1.29, 1.82) is 0 Å². The van der Waals surface area contributed by atoms with E-state index in [1.54, 1.807) is 48.8 Å². The van der Waals surface area contributed by atoms with Crippen molar-refractivity contribution in [3.63, 3.8) is 0 Å². The van der Waals surface area contributed by atoms with Crippen LogP contribution in [0.25, 0.3) is 0 Å². The summed E-state index contributed by atoms with van der Waals surface area (Å²) < 4.78 is 41.5. The second kappa shape index (κ2) is 8.83. The van der Waals surface area contributed by atoms with Gasteiger partial charge in [-0.2, -0.15) is 13.3 Å². The molecule has 0 radical (unpaired) electrons. The molecule has 4 rings (SSSR count). The first-order valence-electron chi connectivity index (χ1n) is 9.79. The monoisotopic (exact) mass is 430 g/mol. The van der Waals surface area contributed by atoms with Gasteiger partial charge in [0.25, 0.3) is 0 Å². The van der Waals surface area contributed by atoms with Gasteiger partial charge in [-0.15, -0.1) is 0 Å². The first-order valence-corrected chi connectivity index (χ1v) is 9.79. The van der Waals surface area contributed by atoms with E-state index in [0.717, 1.165) is 0 Å². The Bertz CT molecular complexity index is 1010. The van der Waals surface area contributed by atoms with E-state index in [1.165, 1.54) is 12.3 Å². The van der Waals surface area contributed by atoms with E-state index < -0.39 is 6.61 Å². The van der Waals surface area contributed by atoms with E-state index in [0.29, 0.717) is 36.6 Å². The van der Waals surface area contributed by atoms with E-state index >= 15 is 0 Å². The molecule has 1 saturated heterocycles. The Morgan fingerprint density at radius 2 is 2.16 bits per heavy atom. The quantitative estimate of drug-likeness (QED) is 0.708. The SMILES string of the molecule is NC1=C[N+](C(=O)c2cccnc2)(c2ccc(OC(F)F)c(O[C@@H]3CCOC3)c2)CC=C1. The molecule has 0 aliphatic carbocycles. The minimum Gasteiger partial charge on any atom is -0.484 e. The Kier molecular flexibility index (Phi) is 5.97. The zero-order valence-electron chi connectivity index (χ0n) is 16.6. The number of amides is 1. The molecular formula is C22H22F2N3O4+. The lowest BCUT2D eigenvalue weighted by Crippen LogP contribution is -2.51. The number of pyridine rings is 1. The van der Waals surface area contributed by atoms with Crippen LogP contribution in [0.15, 0.2) is 66.8 Å². The van der Waals surface area contributed by atoms with Gasteiger partial charge < -0.3 is 19.9 Å². The van der Waals surface area contributed by atoms with Crippen molar-refractivity contribution in [2.45, 2.75) is 19.1 Å². The number of alkyl halides is 2. The van der Waals surface area contributed by atoms with Crippen LogP contribution in [0.4, 0.5) is 14.5 Å². The average molecular weight is 430 g/mol. The number of quaternary nitrogens is 1. The summed E-state index contributed by atoms with van der Waals surface area (Å²) in [6.45, 7) is -1.85. The van der Waals surface area contributed by atoms with Crippen molar-refractivity contribution in [1.82, 2.24) is 9.47 Å². The van der Waals surface area contributed by atoms with Crippen molar-refractivity contribution in [3.8, 4) is 11.5 Å². The van der Waals surface area contributed by atoms with Crippen molar-refractivity contribution in [2.75, 3.05) is 19.8 Å². The maximum atomic E-state index is 13.6. The highest BCUT2D eigenvalue weighted by Gasteiger charge is 2.40. The molecule has 3 heterocycles. The van der Waals surface area contributed by atoms with Crippen LogP contribution in [0.1, 0.15) is 16.8 Å². The molecule has 0 bridgehead atoms. The lowest BCUT2D eigenvalue weighted by Gasteiger charge is -2.33. The minimum absolute atomic E-state index is 0.109.